The lowest BCUT2D eigenvalue weighted by Crippen LogP contribution is -2.31. The van der Waals surface area contributed by atoms with Gasteiger partial charge in [0.1, 0.15) is 5.01 Å². The van der Waals surface area contributed by atoms with Crippen LogP contribution in [0.5, 0.6) is 0 Å². The minimum absolute atomic E-state index is 0.0259. The Balaban J connectivity index is 1.41. The highest BCUT2D eigenvalue weighted by molar-refractivity contribution is 7.18. The molecule has 2 heterocycles. The second-order valence-electron chi connectivity index (χ2n) is 6.18. The van der Waals surface area contributed by atoms with Crippen LogP contribution in [0.15, 0.2) is 67.0 Å². The van der Waals surface area contributed by atoms with Crippen LogP contribution < -0.4 is 11.1 Å². The molecule has 5 nitrogen and oxygen atoms in total. The highest BCUT2D eigenvalue weighted by Crippen LogP contribution is 2.28. The zero-order valence-corrected chi connectivity index (χ0v) is 15.0. The molecule has 1 atom stereocenters. The molecule has 1 unspecified atom stereocenters. The molecule has 4 rings (SSSR count). The molecule has 2 aromatic carbocycles. The van der Waals surface area contributed by atoms with Gasteiger partial charge in [0.05, 0.1) is 0 Å². The Morgan fingerprint density at radius 2 is 1.88 bits per heavy atom. The fraction of sp³-hybridized carbons (Fsp3) is 0.150. The van der Waals surface area contributed by atoms with Crippen molar-refractivity contribution in [1.82, 2.24) is 15.2 Å². The molecule has 26 heavy (non-hydrogen) atoms. The molecule has 0 amide bonds. The summed E-state index contributed by atoms with van der Waals surface area (Å²) in [5.41, 5.74) is 8.52. The molecular weight excluding hydrogens is 342 g/mol. The first kappa shape index (κ1) is 16.6. The SMILES string of the molecule is NC(CNc1nnc(-c2ccc3cnccc3c2)s1)Cc1ccccc1. The van der Waals surface area contributed by atoms with Crippen molar-refractivity contribution in [3.05, 3.63) is 72.6 Å². The summed E-state index contributed by atoms with van der Waals surface area (Å²) in [5, 5.41) is 15.8. The van der Waals surface area contributed by atoms with Crippen molar-refractivity contribution in [2.75, 3.05) is 11.9 Å². The van der Waals surface area contributed by atoms with Crippen LogP contribution in [0.25, 0.3) is 21.3 Å². The fourth-order valence-corrected chi connectivity index (χ4v) is 3.58. The van der Waals surface area contributed by atoms with Gasteiger partial charge in [0.2, 0.25) is 5.13 Å². The van der Waals surface area contributed by atoms with Crippen molar-refractivity contribution in [1.29, 1.82) is 0 Å². The lowest BCUT2D eigenvalue weighted by molar-refractivity contribution is 0.698. The van der Waals surface area contributed by atoms with Crippen LogP contribution in [-0.4, -0.2) is 27.8 Å². The molecule has 0 fully saturated rings. The molecule has 0 aliphatic carbocycles. The van der Waals surface area contributed by atoms with E-state index in [1.165, 1.54) is 16.9 Å². The third-order valence-electron chi connectivity index (χ3n) is 4.17. The largest absolute Gasteiger partial charge is 0.359 e. The maximum Gasteiger partial charge on any atom is 0.206 e. The van der Waals surface area contributed by atoms with Gasteiger partial charge in [-0.2, -0.15) is 0 Å². The summed E-state index contributed by atoms with van der Waals surface area (Å²) >= 11 is 1.54. The molecule has 0 saturated carbocycles. The monoisotopic (exact) mass is 361 g/mol. The van der Waals surface area contributed by atoms with E-state index in [0.29, 0.717) is 6.54 Å². The summed E-state index contributed by atoms with van der Waals surface area (Å²) in [6.45, 7) is 0.660. The van der Waals surface area contributed by atoms with Crippen molar-refractivity contribution in [2.45, 2.75) is 12.5 Å². The Morgan fingerprint density at radius 1 is 1.00 bits per heavy atom. The third kappa shape index (κ3) is 3.87. The van der Waals surface area contributed by atoms with Crippen molar-refractivity contribution in [2.24, 2.45) is 5.73 Å². The average molecular weight is 361 g/mol. The van der Waals surface area contributed by atoms with Crippen molar-refractivity contribution in [3.8, 4) is 10.6 Å². The van der Waals surface area contributed by atoms with E-state index in [9.17, 15) is 0 Å². The average Bonchev–Trinajstić information content (AvgIpc) is 3.16. The first-order valence-corrected chi connectivity index (χ1v) is 9.30. The number of fused-ring (bicyclic) bond motifs is 1. The number of rotatable bonds is 6. The molecular formula is C20H19N5S. The van der Waals surface area contributed by atoms with Gasteiger partial charge in [-0.1, -0.05) is 53.8 Å². The van der Waals surface area contributed by atoms with E-state index in [2.05, 4.69) is 50.8 Å². The molecule has 4 aromatic rings. The van der Waals surface area contributed by atoms with Crippen LogP contribution in [0.4, 0.5) is 5.13 Å². The highest BCUT2D eigenvalue weighted by Gasteiger charge is 2.09. The van der Waals surface area contributed by atoms with Gasteiger partial charge in [-0.25, -0.2) is 0 Å². The number of nitrogens with zero attached hydrogens (tertiary/aromatic N) is 3. The zero-order chi connectivity index (χ0) is 17.8. The zero-order valence-electron chi connectivity index (χ0n) is 14.2. The summed E-state index contributed by atoms with van der Waals surface area (Å²) in [7, 11) is 0. The summed E-state index contributed by atoms with van der Waals surface area (Å²) < 4.78 is 0. The van der Waals surface area contributed by atoms with Gasteiger partial charge in [0, 0.05) is 35.9 Å². The van der Waals surface area contributed by atoms with Gasteiger partial charge in [-0.15, -0.1) is 10.2 Å². The van der Waals surface area contributed by atoms with E-state index in [1.54, 1.807) is 6.20 Å². The van der Waals surface area contributed by atoms with Gasteiger partial charge in [0.15, 0.2) is 0 Å². The maximum absolute atomic E-state index is 6.22. The van der Waals surface area contributed by atoms with E-state index >= 15 is 0 Å². The summed E-state index contributed by atoms with van der Waals surface area (Å²) in [6.07, 6.45) is 4.49. The van der Waals surface area contributed by atoms with Crippen LogP contribution >= 0.6 is 11.3 Å². The predicted molar refractivity (Wildman–Crippen MR) is 107 cm³/mol. The quantitative estimate of drug-likeness (QED) is 0.547. The van der Waals surface area contributed by atoms with E-state index in [1.807, 2.05) is 30.5 Å². The van der Waals surface area contributed by atoms with E-state index in [4.69, 9.17) is 5.73 Å². The fourth-order valence-electron chi connectivity index (χ4n) is 2.84. The minimum atomic E-state index is 0.0259. The Kier molecular flexibility index (Phi) is 4.86. The minimum Gasteiger partial charge on any atom is -0.359 e. The molecule has 6 heteroatoms. The summed E-state index contributed by atoms with van der Waals surface area (Å²) in [5.74, 6) is 0. The summed E-state index contributed by atoms with van der Waals surface area (Å²) in [4.78, 5) is 4.14. The molecule has 0 spiro atoms. The van der Waals surface area contributed by atoms with Crippen LogP contribution in [0.3, 0.4) is 0 Å². The van der Waals surface area contributed by atoms with Crippen molar-refractivity contribution < 1.29 is 0 Å². The number of benzene rings is 2. The maximum atomic E-state index is 6.22. The molecule has 3 N–H and O–H groups in total. The molecule has 0 saturated heterocycles. The first-order valence-electron chi connectivity index (χ1n) is 8.49. The lowest BCUT2D eigenvalue weighted by atomic mass is 10.1. The Bertz CT molecular complexity index is 999. The van der Waals surface area contributed by atoms with Crippen molar-refractivity contribution >= 4 is 27.2 Å². The van der Waals surface area contributed by atoms with Gasteiger partial charge < -0.3 is 11.1 Å². The Hall–Kier alpha value is -2.83. The lowest BCUT2D eigenvalue weighted by Gasteiger charge is -2.11. The smallest absolute Gasteiger partial charge is 0.206 e. The highest BCUT2D eigenvalue weighted by atomic mass is 32.1. The van der Waals surface area contributed by atoms with Crippen molar-refractivity contribution in [3.63, 3.8) is 0 Å². The second-order valence-corrected chi connectivity index (χ2v) is 7.16. The number of hydrogen-bond acceptors (Lipinski definition) is 6. The van der Waals surface area contributed by atoms with Gasteiger partial charge in [-0.05, 0) is 29.5 Å². The predicted octanol–water partition coefficient (Wildman–Crippen LogP) is 3.74. The Labute approximate surface area is 155 Å². The number of nitrogens with one attached hydrogen (secondary N) is 1. The van der Waals surface area contributed by atoms with E-state index in [-0.39, 0.29) is 6.04 Å². The summed E-state index contributed by atoms with van der Waals surface area (Å²) in [6, 6.07) is 18.5. The molecule has 0 aliphatic rings. The van der Waals surface area contributed by atoms with Crippen LogP contribution in [0, 0.1) is 0 Å². The van der Waals surface area contributed by atoms with Crippen LogP contribution in [0.2, 0.25) is 0 Å². The number of nitrogens with two attached hydrogens (primary N) is 1. The molecule has 0 radical (unpaired) electrons. The first-order chi connectivity index (χ1) is 12.8. The van der Waals surface area contributed by atoms with Crippen LogP contribution in [0.1, 0.15) is 5.56 Å². The van der Waals surface area contributed by atoms with E-state index in [0.717, 1.165) is 32.9 Å². The Morgan fingerprint density at radius 3 is 2.77 bits per heavy atom. The number of anilines is 1. The van der Waals surface area contributed by atoms with Crippen LogP contribution in [-0.2, 0) is 6.42 Å². The molecule has 2 aromatic heterocycles. The number of pyridine rings is 1. The topological polar surface area (TPSA) is 76.7 Å². The van der Waals surface area contributed by atoms with Gasteiger partial charge in [0.25, 0.3) is 0 Å². The number of hydrogen-bond donors (Lipinski definition) is 2. The van der Waals surface area contributed by atoms with E-state index < -0.39 is 0 Å². The normalized spacial score (nSPS) is 12.2. The van der Waals surface area contributed by atoms with Gasteiger partial charge >= 0.3 is 0 Å². The van der Waals surface area contributed by atoms with Gasteiger partial charge in [-0.3, -0.25) is 4.98 Å². The third-order valence-corrected chi connectivity index (χ3v) is 5.10. The standard InChI is InChI=1S/C20H19N5S/c21-18(10-14-4-2-1-3-5-14)13-23-20-25-24-19(26-20)16-6-7-17-12-22-9-8-15(17)11-16/h1-9,11-12,18H,10,13,21H2,(H,23,25). The number of aromatic nitrogens is 3. The molecule has 130 valence electrons. The second kappa shape index (κ2) is 7.59. The molecule has 0 aliphatic heterocycles. The molecule has 0 bridgehead atoms.